The first-order chi connectivity index (χ1) is 12.5. The summed E-state index contributed by atoms with van der Waals surface area (Å²) in [5.74, 6) is -0.0387. The summed E-state index contributed by atoms with van der Waals surface area (Å²) in [6.45, 7) is 1.51. The van der Waals surface area contributed by atoms with E-state index in [1.54, 1.807) is 6.07 Å². The fourth-order valence-corrected chi connectivity index (χ4v) is 5.10. The van der Waals surface area contributed by atoms with Crippen molar-refractivity contribution in [2.24, 2.45) is 0 Å². The molecule has 1 unspecified atom stereocenters. The second kappa shape index (κ2) is 9.73. The van der Waals surface area contributed by atoms with Gasteiger partial charge in [0, 0.05) is 24.2 Å². The van der Waals surface area contributed by atoms with Gasteiger partial charge in [-0.3, -0.25) is 4.79 Å². The Bertz CT molecular complexity index is 745. The van der Waals surface area contributed by atoms with Crippen LogP contribution in [-0.2, 0) is 10.0 Å². The molecule has 3 rings (SSSR count). The molecule has 1 atom stereocenters. The van der Waals surface area contributed by atoms with Gasteiger partial charge in [-0.1, -0.05) is 12.8 Å². The summed E-state index contributed by atoms with van der Waals surface area (Å²) in [4.78, 5) is 12.4. The van der Waals surface area contributed by atoms with Gasteiger partial charge in [0.2, 0.25) is 10.0 Å². The third-order valence-electron chi connectivity index (χ3n) is 5.06. The third-order valence-corrected chi connectivity index (χ3v) is 6.61. The molecule has 9 heteroatoms. The van der Waals surface area contributed by atoms with E-state index in [0.717, 1.165) is 45.1 Å². The molecule has 1 aromatic carbocycles. The quantitative estimate of drug-likeness (QED) is 0.628. The molecule has 27 heavy (non-hydrogen) atoms. The summed E-state index contributed by atoms with van der Waals surface area (Å²) in [5, 5.41) is 6.19. The van der Waals surface area contributed by atoms with E-state index in [9.17, 15) is 13.2 Å². The van der Waals surface area contributed by atoms with E-state index >= 15 is 0 Å². The van der Waals surface area contributed by atoms with Crippen molar-refractivity contribution in [3.05, 3.63) is 23.8 Å². The van der Waals surface area contributed by atoms with E-state index in [1.165, 1.54) is 19.2 Å². The highest BCUT2D eigenvalue weighted by Crippen LogP contribution is 2.27. The molecule has 0 aromatic heterocycles. The van der Waals surface area contributed by atoms with Gasteiger partial charge in [-0.15, -0.1) is 12.4 Å². The lowest BCUT2D eigenvalue weighted by molar-refractivity contribution is 0.0950. The molecule has 2 aliphatic rings. The molecular formula is C18H28ClN3O4S. The lowest BCUT2D eigenvalue weighted by atomic mass is 10.2. The Balaban J connectivity index is 0.00000261. The van der Waals surface area contributed by atoms with Crippen molar-refractivity contribution in [2.45, 2.75) is 55.5 Å². The highest BCUT2D eigenvalue weighted by atomic mass is 35.5. The molecule has 1 saturated heterocycles. The number of methoxy groups -OCH3 is 1. The zero-order valence-corrected chi connectivity index (χ0v) is 17.1. The molecule has 0 bridgehead atoms. The predicted molar refractivity (Wildman–Crippen MR) is 106 cm³/mol. The van der Waals surface area contributed by atoms with Crippen LogP contribution in [0.25, 0.3) is 0 Å². The topological polar surface area (TPSA) is 96.5 Å². The van der Waals surface area contributed by atoms with E-state index in [2.05, 4.69) is 15.4 Å². The van der Waals surface area contributed by atoms with Gasteiger partial charge in [0.25, 0.3) is 5.91 Å². The molecule has 1 amide bonds. The Kier molecular flexibility index (Phi) is 7.91. The van der Waals surface area contributed by atoms with E-state index < -0.39 is 10.0 Å². The molecule has 1 aliphatic carbocycles. The molecule has 1 saturated carbocycles. The number of carbonyl (C=O) groups is 1. The van der Waals surface area contributed by atoms with E-state index in [1.807, 2.05) is 0 Å². The number of nitrogens with one attached hydrogen (secondary N) is 3. The zero-order valence-electron chi connectivity index (χ0n) is 15.5. The smallest absolute Gasteiger partial charge is 0.251 e. The largest absolute Gasteiger partial charge is 0.495 e. The van der Waals surface area contributed by atoms with E-state index in [4.69, 9.17) is 4.74 Å². The molecule has 1 aromatic rings. The number of amides is 1. The monoisotopic (exact) mass is 417 g/mol. The van der Waals surface area contributed by atoms with Gasteiger partial charge in [0.15, 0.2) is 0 Å². The van der Waals surface area contributed by atoms with Gasteiger partial charge in [-0.05, 0) is 50.4 Å². The zero-order chi connectivity index (χ0) is 18.6. The highest BCUT2D eigenvalue weighted by molar-refractivity contribution is 7.89. The normalized spacial score (nSPS) is 20.3. The molecule has 1 heterocycles. The van der Waals surface area contributed by atoms with Crippen LogP contribution < -0.4 is 20.1 Å². The van der Waals surface area contributed by atoms with Crippen molar-refractivity contribution in [3.63, 3.8) is 0 Å². The van der Waals surface area contributed by atoms with Crippen molar-refractivity contribution in [3.8, 4) is 5.75 Å². The summed E-state index contributed by atoms with van der Waals surface area (Å²) in [7, 11) is -2.31. The van der Waals surface area contributed by atoms with Crippen molar-refractivity contribution < 1.29 is 17.9 Å². The molecule has 2 fully saturated rings. The molecule has 0 radical (unpaired) electrons. The van der Waals surface area contributed by atoms with Crippen LogP contribution in [0.15, 0.2) is 23.1 Å². The van der Waals surface area contributed by atoms with Crippen LogP contribution in [-0.4, -0.2) is 46.6 Å². The fourth-order valence-electron chi connectivity index (χ4n) is 3.60. The molecule has 0 spiro atoms. The maximum Gasteiger partial charge on any atom is 0.251 e. The van der Waals surface area contributed by atoms with Gasteiger partial charge in [0.05, 0.1) is 7.11 Å². The number of carbonyl (C=O) groups excluding carboxylic acids is 1. The molecule has 7 nitrogen and oxygen atoms in total. The molecular weight excluding hydrogens is 390 g/mol. The van der Waals surface area contributed by atoms with Gasteiger partial charge in [-0.2, -0.15) is 0 Å². The van der Waals surface area contributed by atoms with Crippen molar-refractivity contribution >= 4 is 28.3 Å². The van der Waals surface area contributed by atoms with Gasteiger partial charge in [-0.25, -0.2) is 13.1 Å². The maximum absolute atomic E-state index is 12.8. The van der Waals surface area contributed by atoms with Crippen molar-refractivity contribution in [1.82, 2.24) is 15.4 Å². The van der Waals surface area contributed by atoms with Crippen LogP contribution in [0, 0.1) is 0 Å². The Hall–Kier alpha value is -1.35. The van der Waals surface area contributed by atoms with Crippen LogP contribution in [0.2, 0.25) is 0 Å². The SMILES string of the molecule is COc1ccc(C(=O)NCC2CCCN2)cc1S(=O)(=O)NC1CCCC1.Cl. The molecule has 3 N–H and O–H groups in total. The van der Waals surface area contributed by atoms with Crippen molar-refractivity contribution in [2.75, 3.05) is 20.2 Å². The predicted octanol–water partition coefficient (Wildman–Crippen LogP) is 1.82. The Morgan fingerprint density at radius 2 is 1.96 bits per heavy atom. The minimum absolute atomic E-state index is 0. The number of halogens is 1. The second-order valence-corrected chi connectivity index (χ2v) is 8.65. The molecule has 152 valence electrons. The summed E-state index contributed by atoms with van der Waals surface area (Å²) < 4.78 is 33.5. The standard InChI is InChI=1S/C18H27N3O4S.ClH/c1-25-16-9-8-13(18(22)20-12-15-7-4-10-19-15)11-17(16)26(23,24)21-14-5-2-3-6-14;/h8-9,11,14-15,19,21H,2-7,10,12H2,1H3,(H,20,22);1H. The number of ether oxygens (including phenoxy) is 1. The highest BCUT2D eigenvalue weighted by Gasteiger charge is 2.26. The summed E-state index contributed by atoms with van der Waals surface area (Å²) in [5.41, 5.74) is 0.315. The number of benzene rings is 1. The van der Waals surface area contributed by atoms with Crippen LogP contribution in [0.3, 0.4) is 0 Å². The summed E-state index contributed by atoms with van der Waals surface area (Å²) in [6.07, 6.45) is 5.89. The Labute approximate surface area is 167 Å². The van der Waals surface area contributed by atoms with E-state index in [-0.39, 0.29) is 41.0 Å². The lowest BCUT2D eigenvalue weighted by Crippen LogP contribution is -2.37. The first-order valence-electron chi connectivity index (χ1n) is 9.21. The van der Waals surface area contributed by atoms with Crippen LogP contribution in [0.5, 0.6) is 5.75 Å². The fraction of sp³-hybridized carbons (Fsp3) is 0.611. The minimum atomic E-state index is -3.74. The van der Waals surface area contributed by atoms with Gasteiger partial charge in [0.1, 0.15) is 10.6 Å². The van der Waals surface area contributed by atoms with Crippen LogP contribution >= 0.6 is 12.4 Å². The second-order valence-electron chi connectivity index (χ2n) is 6.97. The molecule has 1 aliphatic heterocycles. The van der Waals surface area contributed by atoms with Gasteiger partial charge >= 0.3 is 0 Å². The van der Waals surface area contributed by atoms with Gasteiger partial charge < -0.3 is 15.4 Å². The van der Waals surface area contributed by atoms with E-state index in [0.29, 0.717) is 12.1 Å². The Morgan fingerprint density at radius 1 is 1.22 bits per heavy atom. The number of hydrogen-bond acceptors (Lipinski definition) is 5. The van der Waals surface area contributed by atoms with Crippen molar-refractivity contribution in [1.29, 1.82) is 0 Å². The lowest BCUT2D eigenvalue weighted by Gasteiger charge is -2.16. The number of hydrogen-bond donors (Lipinski definition) is 3. The average molecular weight is 418 g/mol. The maximum atomic E-state index is 12.8. The first-order valence-corrected chi connectivity index (χ1v) is 10.7. The summed E-state index contributed by atoms with van der Waals surface area (Å²) >= 11 is 0. The summed E-state index contributed by atoms with van der Waals surface area (Å²) in [6, 6.07) is 4.75. The third kappa shape index (κ3) is 5.57. The minimum Gasteiger partial charge on any atom is -0.495 e. The Morgan fingerprint density at radius 3 is 2.59 bits per heavy atom. The number of rotatable bonds is 7. The first kappa shape index (κ1) is 21.9. The van der Waals surface area contributed by atoms with Crippen LogP contribution in [0.1, 0.15) is 48.9 Å². The number of sulfonamides is 1. The van der Waals surface area contributed by atoms with Crippen LogP contribution in [0.4, 0.5) is 0 Å². The average Bonchev–Trinajstić information content (AvgIpc) is 3.32.